The van der Waals surface area contributed by atoms with Crippen molar-refractivity contribution in [2.24, 2.45) is 0 Å². The van der Waals surface area contributed by atoms with Gasteiger partial charge in [0.25, 0.3) is 0 Å². The van der Waals surface area contributed by atoms with Crippen LogP contribution in [-0.4, -0.2) is 44.4 Å². The van der Waals surface area contributed by atoms with Crippen molar-refractivity contribution in [3.8, 4) is 0 Å². The summed E-state index contributed by atoms with van der Waals surface area (Å²) >= 11 is 0. The molecule has 0 atom stereocenters. The first-order valence-corrected chi connectivity index (χ1v) is 5.28. The fraction of sp³-hybridized carbons (Fsp3) is 0.545. The van der Waals surface area contributed by atoms with Gasteiger partial charge in [0, 0.05) is 25.7 Å². The summed E-state index contributed by atoms with van der Waals surface area (Å²) in [5, 5.41) is 0. The van der Waals surface area contributed by atoms with Crippen molar-refractivity contribution in [1.29, 1.82) is 0 Å². The van der Waals surface area contributed by atoms with Crippen LogP contribution in [0.3, 0.4) is 0 Å². The first-order valence-electron chi connectivity index (χ1n) is 5.28. The van der Waals surface area contributed by atoms with E-state index >= 15 is 0 Å². The predicted molar refractivity (Wildman–Crippen MR) is 58.4 cm³/mol. The molecule has 0 amide bonds. The summed E-state index contributed by atoms with van der Waals surface area (Å²) in [6, 6.07) is 3.59. The Balaban J connectivity index is 2.06. The van der Waals surface area contributed by atoms with Crippen LogP contribution in [0.15, 0.2) is 16.5 Å². The first kappa shape index (κ1) is 10.2. The molecule has 1 aliphatic heterocycles. The molecule has 0 bridgehead atoms. The second-order valence-electron chi connectivity index (χ2n) is 3.94. The van der Waals surface area contributed by atoms with Gasteiger partial charge in [-0.2, -0.15) is 0 Å². The monoisotopic (exact) mass is 208 g/mol. The maximum atomic E-state index is 10.5. The van der Waals surface area contributed by atoms with Crippen molar-refractivity contribution >= 4 is 12.2 Å². The molecule has 15 heavy (non-hydrogen) atoms. The van der Waals surface area contributed by atoms with E-state index in [9.17, 15) is 4.79 Å². The molecular weight excluding hydrogens is 192 g/mol. The highest BCUT2D eigenvalue weighted by Crippen LogP contribution is 2.18. The molecule has 0 saturated carbocycles. The number of anilines is 1. The lowest BCUT2D eigenvalue weighted by atomic mass is 10.4. The van der Waals surface area contributed by atoms with Crippen LogP contribution < -0.4 is 4.90 Å². The molecule has 1 aliphatic rings. The second kappa shape index (κ2) is 4.49. The number of furan rings is 1. The van der Waals surface area contributed by atoms with Crippen molar-refractivity contribution in [3.63, 3.8) is 0 Å². The Bertz CT molecular complexity index is 335. The third-order valence-electron chi connectivity index (χ3n) is 2.76. The molecular formula is C11H16N2O2. The fourth-order valence-electron chi connectivity index (χ4n) is 1.84. The van der Waals surface area contributed by atoms with E-state index < -0.39 is 0 Å². The summed E-state index contributed by atoms with van der Waals surface area (Å²) in [5.74, 6) is 1.22. The van der Waals surface area contributed by atoms with E-state index in [0.29, 0.717) is 5.76 Å². The van der Waals surface area contributed by atoms with Crippen LogP contribution in [0, 0.1) is 0 Å². The van der Waals surface area contributed by atoms with E-state index in [-0.39, 0.29) is 0 Å². The zero-order chi connectivity index (χ0) is 10.7. The summed E-state index contributed by atoms with van der Waals surface area (Å²) in [4.78, 5) is 15.0. The molecule has 0 spiro atoms. The van der Waals surface area contributed by atoms with Gasteiger partial charge in [0.2, 0.25) is 0 Å². The van der Waals surface area contributed by atoms with Crippen LogP contribution >= 0.6 is 0 Å². The molecule has 4 nitrogen and oxygen atoms in total. The van der Waals surface area contributed by atoms with Gasteiger partial charge in [-0.3, -0.25) is 4.79 Å². The minimum atomic E-state index is 0.405. The third-order valence-corrected chi connectivity index (χ3v) is 2.76. The van der Waals surface area contributed by atoms with Gasteiger partial charge >= 0.3 is 0 Å². The van der Waals surface area contributed by atoms with E-state index in [0.717, 1.165) is 44.8 Å². The van der Waals surface area contributed by atoms with E-state index in [1.165, 1.54) is 0 Å². The lowest BCUT2D eigenvalue weighted by Gasteiger charge is -2.19. The molecule has 0 unspecified atom stereocenters. The Morgan fingerprint density at radius 1 is 1.27 bits per heavy atom. The van der Waals surface area contributed by atoms with Crippen LogP contribution in [0.4, 0.5) is 5.88 Å². The molecule has 1 aromatic rings. The lowest BCUT2D eigenvalue weighted by Crippen LogP contribution is -2.28. The van der Waals surface area contributed by atoms with Gasteiger partial charge in [-0.15, -0.1) is 0 Å². The summed E-state index contributed by atoms with van der Waals surface area (Å²) < 4.78 is 5.40. The zero-order valence-electron chi connectivity index (χ0n) is 8.98. The smallest absolute Gasteiger partial charge is 0.196 e. The number of aldehydes is 1. The van der Waals surface area contributed by atoms with Gasteiger partial charge < -0.3 is 14.2 Å². The number of rotatable bonds is 2. The number of carbonyl (C=O) groups is 1. The molecule has 82 valence electrons. The van der Waals surface area contributed by atoms with Crippen molar-refractivity contribution in [2.75, 3.05) is 38.1 Å². The Labute approximate surface area is 89.5 Å². The van der Waals surface area contributed by atoms with Crippen molar-refractivity contribution in [2.45, 2.75) is 6.42 Å². The molecule has 0 radical (unpaired) electrons. The fourth-order valence-corrected chi connectivity index (χ4v) is 1.84. The third kappa shape index (κ3) is 2.39. The molecule has 0 N–H and O–H groups in total. The molecule has 2 heterocycles. The average Bonchev–Trinajstić information content (AvgIpc) is 2.62. The minimum Gasteiger partial charge on any atom is -0.438 e. The van der Waals surface area contributed by atoms with Gasteiger partial charge in [0.1, 0.15) is 0 Å². The Morgan fingerprint density at radius 2 is 2.13 bits per heavy atom. The van der Waals surface area contributed by atoms with E-state index in [1.807, 2.05) is 6.07 Å². The van der Waals surface area contributed by atoms with Crippen LogP contribution in [-0.2, 0) is 0 Å². The molecule has 1 saturated heterocycles. The van der Waals surface area contributed by atoms with E-state index in [4.69, 9.17) is 4.42 Å². The highest BCUT2D eigenvalue weighted by molar-refractivity contribution is 5.71. The number of hydrogen-bond donors (Lipinski definition) is 0. The zero-order valence-corrected chi connectivity index (χ0v) is 8.98. The number of likely N-dealkylation sites (N-methyl/N-ethyl adjacent to an activating group) is 1. The summed E-state index contributed by atoms with van der Waals surface area (Å²) in [6.07, 6.45) is 1.88. The summed E-state index contributed by atoms with van der Waals surface area (Å²) in [5.41, 5.74) is 0. The maximum Gasteiger partial charge on any atom is 0.196 e. The Hall–Kier alpha value is -1.29. The van der Waals surface area contributed by atoms with Crippen LogP contribution in [0.25, 0.3) is 0 Å². The number of nitrogens with zero attached hydrogens (tertiary/aromatic N) is 2. The van der Waals surface area contributed by atoms with E-state index in [1.54, 1.807) is 6.07 Å². The van der Waals surface area contributed by atoms with Crippen molar-refractivity contribution in [3.05, 3.63) is 17.9 Å². The van der Waals surface area contributed by atoms with Crippen molar-refractivity contribution in [1.82, 2.24) is 4.90 Å². The topological polar surface area (TPSA) is 36.7 Å². The largest absolute Gasteiger partial charge is 0.438 e. The summed E-state index contributed by atoms with van der Waals surface area (Å²) in [6.45, 7) is 4.12. The predicted octanol–water partition coefficient (Wildman–Crippen LogP) is 1.23. The van der Waals surface area contributed by atoms with Crippen LogP contribution in [0.5, 0.6) is 0 Å². The minimum absolute atomic E-state index is 0.405. The molecule has 1 fully saturated rings. The summed E-state index contributed by atoms with van der Waals surface area (Å²) in [7, 11) is 2.13. The Kier molecular flexibility index (Phi) is 3.06. The van der Waals surface area contributed by atoms with Crippen LogP contribution in [0.2, 0.25) is 0 Å². The van der Waals surface area contributed by atoms with Gasteiger partial charge in [0.05, 0.1) is 0 Å². The average molecular weight is 208 g/mol. The first-order chi connectivity index (χ1) is 7.29. The Morgan fingerprint density at radius 3 is 2.87 bits per heavy atom. The standard InChI is InChI=1S/C11H16N2O2/c1-12-5-2-6-13(8-7-12)11-4-3-10(9-14)15-11/h3-4,9H,2,5-8H2,1H3. The lowest BCUT2D eigenvalue weighted by molar-refractivity contribution is 0.110. The van der Waals surface area contributed by atoms with Gasteiger partial charge in [-0.1, -0.05) is 0 Å². The maximum absolute atomic E-state index is 10.5. The second-order valence-corrected chi connectivity index (χ2v) is 3.94. The molecule has 4 heteroatoms. The molecule has 1 aromatic heterocycles. The van der Waals surface area contributed by atoms with Gasteiger partial charge in [-0.05, 0) is 26.1 Å². The highest BCUT2D eigenvalue weighted by Gasteiger charge is 2.15. The molecule has 0 aliphatic carbocycles. The number of carbonyl (C=O) groups excluding carboxylic acids is 1. The molecule has 0 aromatic carbocycles. The van der Waals surface area contributed by atoms with Gasteiger partial charge in [0.15, 0.2) is 17.9 Å². The molecule has 2 rings (SSSR count). The SMILES string of the molecule is CN1CCCN(c2ccc(C=O)o2)CC1. The van der Waals surface area contributed by atoms with Crippen LogP contribution in [0.1, 0.15) is 17.0 Å². The number of hydrogen-bond acceptors (Lipinski definition) is 4. The van der Waals surface area contributed by atoms with Gasteiger partial charge in [-0.25, -0.2) is 0 Å². The van der Waals surface area contributed by atoms with Crippen molar-refractivity contribution < 1.29 is 9.21 Å². The normalized spacial score (nSPS) is 18.9. The van der Waals surface area contributed by atoms with E-state index in [2.05, 4.69) is 16.8 Å². The highest BCUT2D eigenvalue weighted by atomic mass is 16.4. The quantitative estimate of drug-likeness (QED) is 0.685.